The van der Waals surface area contributed by atoms with Crippen molar-refractivity contribution < 1.29 is 35.4 Å². The maximum atomic E-state index is 13.3. The van der Waals surface area contributed by atoms with Gasteiger partial charge in [0.05, 0.1) is 35.1 Å². The summed E-state index contributed by atoms with van der Waals surface area (Å²) in [7, 11) is 0. The average Bonchev–Trinajstić information content (AvgIpc) is 3.00. The van der Waals surface area contributed by atoms with Crippen LogP contribution in [0.2, 0.25) is 0 Å². The molecule has 0 radical (unpaired) electrons. The van der Waals surface area contributed by atoms with Crippen LogP contribution in [0.15, 0.2) is 11.6 Å². The number of hydrogen-bond donors (Lipinski definition) is 6. The van der Waals surface area contributed by atoms with Crippen molar-refractivity contribution >= 4 is 5.78 Å². The van der Waals surface area contributed by atoms with Gasteiger partial charge in [-0.2, -0.15) is 0 Å². The number of aliphatic hydroxyl groups is 6. The van der Waals surface area contributed by atoms with Crippen molar-refractivity contribution in [2.24, 2.45) is 28.6 Å². The number of ketones is 1. The van der Waals surface area contributed by atoms with Gasteiger partial charge in [-0.25, -0.2) is 0 Å². The zero-order valence-electron chi connectivity index (χ0n) is 21.3. The molecule has 194 valence electrons. The van der Waals surface area contributed by atoms with E-state index in [4.69, 9.17) is 0 Å². The van der Waals surface area contributed by atoms with Gasteiger partial charge < -0.3 is 30.6 Å². The van der Waals surface area contributed by atoms with Gasteiger partial charge in [-0.1, -0.05) is 13.8 Å². The summed E-state index contributed by atoms with van der Waals surface area (Å²) in [5.74, 6) is -1.21. The van der Waals surface area contributed by atoms with Crippen molar-refractivity contribution in [2.75, 3.05) is 0 Å². The lowest BCUT2D eigenvalue weighted by atomic mass is 9.45. The van der Waals surface area contributed by atoms with Crippen LogP contribution in [-0.2, 0) is 4.79 Å². The molecule has 3 fully saturated rings. The van der Waals surface area contributed by atoms with E-state index in [1.807, 2.05) is 13.8 Å². The molecule has 6 N–H and O–H groups in total. The fourth-order valence-corrected chi connectivity index (χ4v) is 8.32. The van der Waals surface area contributed by atoms with Crippen LogP contribution in [0.4, 0.5) is 0 Å². The molecule has 4 rings (SSSR count). The molecular formula is C27H44O7. The second-order valence-corrected chi connectivity index (χ2v) is 13.1. The lowest BCUT2D eigenvalue weighted by Crippen LogP contribution is -2.64. The molecule has 0 aromatic rings. The Balaban J connectivity index is 1.68. The summed E-state index contributed by atoms with van der Waals surface area (Å²) in [5, 5.41) is 66.1. The van der Waals surface area contributed by atoms with Gasteiger partial charge in [-0.05, 0) is 95.6 Å². The minimum absolute atomic E-state index is 0.148. The van der Waals surface area contributed by atoms with Crippen molar-refractivity contribution in [3.63, 3.8) is 0 Å². The highest BCUT2D eigenvalue weighted by atomic mass is 16.3. The molecule has 7 nitrogen and oxygen atoms in total. The fraction of sp³-hybridized carbons (Fsp3) is 0.889. The molecule has 0 saturated heterocycles. The lowest BCUT2D eigenvalue weighted by molar-refractivity contribution is -0.183. The van der Waals surface area contributed by atoms with Crippen molar-refractivity contribution in [2.45, 2.75) is 121 Å². The minimum atomic E-state index is -1.47. The van der Waals surface area contributed by atoms with E-state index in [2.05, 4.69) is 0 Å². The Labute approximate surface area is 202 Å². The number of aliphatic hydroxyl groups excluding tert-OH is 3. The van der Waals surface area contributed by atoms with Crippen LogP contribution in [0, 0.1) is 28.6 Å². The molecule has 3 saturated carbocycles. The monoisotopic (exact) mass is 480 g/mol. The third-order valence-corrected chi connectivity index (χ3v) is 10.6. The van der Waals surface area contributed by atoms with Gasteiger partial charge in [0, 0.05) is 16.7 Å². The lowest BCUT2D eigenvalue weighted by Gasteiger charge is -2.61. The summed E-state index contributed by atoms with van der Waals surface area (Å²) < 4.78 is 0. The Bertz CT molecular complexity index is 860. The molecular weight excluding hydrogens is 436 g/mol. The predicted octanol–water partition coefficient (Wildman–Crippen LogP) is 1.85. The number of allylic oxidation sites excluding steroid dienone is 1. The van der Waals surface area contributed by atoms with Crippen LogP contribution in [0.25, 0.3) is 0 Å². The Hall–Kier alpha value is -0.830. The zero-order valence-corrected chi connectivity index (χ0v) is 21.3. The van der Waals surface area contributed by atoms with Crippen molar-refractivity contribution in [3.8, 4) is 0 Å². The minimum Gasteiger partial charge on any atom is -0.393 e. The molecule has 0 heterocycles. The van der Waals surface area contributed by atoms with Crippen molar-refractivity contribution in [1.29, 1.82) is 0 Å². The average molecular weight is 481 g/mol. The molecule has 0 amide bonds. The number of fused-ring (bicyclic) bond motifs is 5. The maximum Gasteiger partial charge on any atom is 0.159 e. The predicted molar refractivity (Wildman–Crippen MR) is 127 cm³/mol. The van der Waals surface area contributed by atoms with Gasteiger partial charge in [-0.15, -0.1) is 0 Å². The van der Waals surface area contributed by atoms with Crippen LogP contribution in [0.5, 0.6) is 0 Å². The van der Waals surface area contributed by atoms with Gasteiger partial charge in [-0.3, -0.25) is 4.79 Å². The van der Waals surface area contributed by atoms with Crippen LogP contribution in [0.1, 0.15) is 86.0 Å². The molecule has 4 aliphatic carbocycles. The van der Waals surface area contributed by atoms with Gasteiger partial charge >= 0.3 is 0 Å². The highest BCUT2D eigenvalue weighted by Gasteiger charge is 2.69. The van der Waals surface area contributed by atoms with Crippen molar-refractivity contribution in [3.05, 3.63) is 11.6 Å². The number of carbonyl (C=O) groups is 1. The summed E-state index contributed by atoms with van der Waals surface area (Å²) in [6.45, 7) is 8.85. The van der Waals surface area contributed by atoms with Crippen LogP contribution in [0.3, 0.4) is 0 Å². The summed E-state index contributed by atoms with van der Waals surface area (Å²) in [6.07, 6.45) is 2.21. The molecule has 0 bridgehead atoms. The van der Waals surface area contributed by atoms with E-state index in [1.54, 1.807) is 26.8 Å². The summed E-state index contributed by atoms with van der Waals surface area (Å²) in [4.78, 5) is 13.3. The van der Waals surface area contributed by atoms with E-state index in [0.717, 1.165) is 0 Å². The van der Waals surface area contributed by atoms with E-state index < -0.39 is 57.8 Å². The molecule has 2 unspecified atom stereocenters. The maximum absolute atomic E-state index is 13.3. The summed E-state index contributed by atoms with van der Waals surface area (Å²) in [5.41, 5.74) is -4.59. The standard InChI is InChI=1S/C27H44O7/c1-23(2,32)9-8-21(30)26(5,33)20-7-11-27(34)17-14-19(29)18-12-15(28)13-22(31)25(18,4)16(17)6-10-24(20,27)3/h14-16,18,20-22,28,30-34H,6-13H2,1-5H3/t15-,16?,18+,20?,21-,22+,24-,25-,26+,27-/m1/s1. The largest absolute Gasteiger partial charge is 0.393 e. The third kappa shape index (κ3) is 3.65. The van der Waals surface area contributed by atoms with Gasteiger partial charge in [0.2, 0.25) is 0 Å². The van der Waals surface area contributed by atoms with Gasteiger partial charge in [0.1, 0.15) is 0 Å². The first-order valence-electron chi connectivity index (χ1n) is 13.0. The first-order chi connectivity index (χ1) is 15.5. The molecule has 0 aromatic carbocycles. The van der Waals surface area contributed by atoms with Crippen LogP contribution in [-0.4, -0.2) is 71.5 Å². The topological polar surface area (TPSA) is 138 Å². The molecule has 0 aliphatic heterocycles. The summed E-state index contributed by atoms with van der Waals surface area (Å²) >= 11 is 0. The Kier molecular flexibility index (Phi) is 6.24. The fourth-order valence-electron chi connectivity index (χ4n) is 8.32. The molecule has 0 aromatic heterocycles. The van der Waals surface area contributed by atoms with Gasteiger partial charge in [0.25, 0.3) is 0 Å². The Morgan fingerprint density at radius 3 is 2.32 bits per heavy atom. The number of rotatable bonds is 5. The Morgan fingerprint density at radius 1 is 1.06 bits per heavy atom. The number of carbonyl (C=O) groups excluding carboxylic acids is 1. The van der Waals surface area contributed by atoms with E-state index in [0.29, 0.717) is 44.1 Å². The smallest absolute Gasteiger partial charge is 0.159 e. The second-order valence-electron chi connectivity index (χ2n) is 13.1. The van der Waals surface area contributed by atoms with E-state index in [1.165, 1.54) is 0 Å². The quantitative estimate of drug-likeness (QED) is 0.353. The van der Waals surface area contributed by atoms with Crippen molar-refractivity contribution in [1.82, 2.24) is 0 Å². The zero-order chi connectivity index (χ0) is 25.5. The van der Waals surface area contributed by atoms with Crippen LogP contribution < -0.4 is 0 Å². The highest BCUT2D eigenvalue weighted by Crippen LogP contribution is 2.68. The Morgan fingerprint density at radius 2 is 1.71 bits per heavy atom. The molecule has 7 heteroatoms. The highest BCUT2D eigenvalue weighted by molar-refractivity contribution is 5.95. The normalized spacial score (nSPS) is 47.2. The third-order valence-electron chi connectivity index (χ3n) is 10.6. The van der Waals surface area contributed by atoms with Crippen LogP contribution >= 0.6 is 0 Å². The second kappa shape index (κ2) is 8.09. The van der Waals surface area contributed by atoms with E-state index >= 15 is 0 Å². The molecule has 34 heavy (non-hydrogen) atoms. The van der Waals surface area contributed by atoms with E-state index in [-0.39, 0.29) is 24.5 Å². The first-order valence-corrected chi connectivity index (χ1v) is 13.0. The SMILES string of the molecule is CC(C)(O)CC[C@@H](O)[C@@](C)(O)C1CC[C@@]2(O)C3=CC(=O)[C@@H]4C[C@@H](O)C[C@H](O)[C@]4(C)C3CC[C@]12C. The number of hydrogen-bond acceptors (Lipinski definition) is 7. The van der Waals surface area contributed by atoms with E-state index in [9.17, 15) is 35.4 Å². The molecule has 4 aliphatic rings. The van der Waals surface area contributed by atoms with Gasteiger partial charge in [0.15, 0.2) is 5.78 Å². The molecule has 0 spiro atoms. The molecule has 10 atom stereocenters. The first kappa shape index (κ1) is 26.2. The summed E-state index contributed by atoms with van der Waals surface area (Å²) in [6, 6.07) is 0.